The SMILES string of the molecule is O=C1OC(c2ccccc2)=NC1=Cc1ccc([NH+]([O-])O)cc1. The minimum atomic E-state index is -0.996. The molecule has 1 aliphatic heterocycles. The van der Waals surface area contributed by atoms with Gasteiger partial charge in [0.1, 0.15) is 0 Å². The van der Waals surface area contributed by atoms with Crippen molar-refractivity contribution in [1.29, 1.82) is 0 Å². The van der Waals surface area contributed by atoms with Gasteiger partial charge in [-0.2, -0.15) is 5.23 Å². The van der Waals surface area contributed by atoms with Crippen LogP contribution in [0.4, 0.5) is 5.69 Å². The van der Waals surface area contributed by atoms with Crippen molar-refractivity contribution in [3.63, 3.8) is 0 Å². The fourth-order valence-corrected chi connectivity index (χ4v) is 1.99. The molecule has 22 heavy (non-hydrogen) atoms. The molecular formula is C16H12N2O4. The molecular weight excluding hydrogens is 284 g/mol. The number of hydrogen-bond donors (Lipinski definition) is 2. The lowest BCUT2D eigenvalue weighted by Gasteiger charge is -2.10. The Morgan fingerprint density at radius 3 is 2.41 bits per heavy atom. The largest absolute Gasteiger partial charge is 0.595 e. The second kappa shape index (κ2) is 5.90. The molecule has 3 rings (SSSR count). The predicted octanol–water partition coefficient (Wildman–Crippen LogP) is 1.43. The van der Waals surface area contributed by atoms with E-state index in [1.165, 1.54) is 12.1 Å². The van der Waals surface area contributed by atoms with E-state index in [1.54, 1.807) is 30.3 Å². The van der Waals surface area contributed by atoms with Crippen molar-refractivity contribution in [1.82, 2.24) is 0 Å². The quantitative estimate of drug-likeness (QED) is 0.510. The maximum atomic E-state index is 11.8. The molecule has 0 aromatic heterocycles. The predicted molar refractivity (Wildman–Crippen MR) is 79.3 cm³/mol. The van der Waals surface area contributed by atoms with Gasteiger partial charge in [0.2, 0.25) is 5.90 Å². The average Bonchev–Trinajstić information content (AvgIpc) is 2.90. The van der Waals surface area contributed by atoms with Crippen molar-refractivity contribution in [3.8, 4) is 0 Å². The van der Waals surface area contributed by atoms with Crippen LogP contribution >= 0.6 is 0 Å². The first-order chi connectivity index (χ1) is 10.6. The topological polar surface area (TPSA) is 86.4 Å². The van der Waals surface area contributed by atoms with Gasteiger partial charge >= 0.3 is 5.97 Å². The van der Waals surface area contributed by atoms with E-state index in [0.29, 0.717) is 5.56 Å². The number of ether oxygens (including phenoxy) is 1. The lowest BCUT2D eigenvalue weighted by molar-refractivity contribution is -0.991. The van der Waals surface area contributed by atoms with E-state index in [4.69, 9.17) is 9.94 Å². The van der Waals surface area contributed by atoms with Crippen LogP contribution in [0.5, 0.6) is 0 Å². The zero-order valence-corrected chi connectivity index (χ0v) is 11.4. The number of nitrogens with zero attached hydrogens (tertiary/aromatic N) is 1. The first-order valence-electron chi connectivity index (χ1n) is 6.55. The Morgan fingerprint density at radius 1 is 1.09 bits per heavy atom. The first kappa shape index (κ1) is 14.2. The van der Waals surface area contributed by atoms with Crippen molar-refractivity contribution < 1.29 is 20.0 Å². The molecule has 0 aliphatic carbocycles. The van der Waals surface area contributed by atoms with Crippen LogP contribution in [0.3, 0.4) is 0 Å². The third-order valence-corrected chi connectivity index (χ3v) is 3.10. The van der Waals surface area contributed by atoms with E-state index in [2.05, 4.69) is 4.99 Å². The molecule has 6 nitrogen and oxygen atoms in total. The minimum absolute atomic E-state index is 0.182. The molecule has 0 amide bonds. The normalized spacial score (nSPS) is 17.3. The number of hydrogen-bond acceptors (Lipinski definition) is 5. The Kier molecular flexibility index (Phi) is 3.80. The summed E-state index contributed by atoms with van der Waals surface area (Å²) in [4.78, 5) is 16.0. The summed E-state index contributed by atoms with van der Waals surface area (Å²) in [7, 11) is 0. The summed E-state index contributed by atoms with van der Waals surface area (Å²) < 4.78 is 5.14. The van der Waals surface area contributed by atoms with Gasteiger partial charge in [-0.1, -0.05) is 18.2 Å². The molecule has 1 atom stereocenters. The molecule has 0 radical (unpaired) electrons. The van der Waals surface area contributed by atoms with Gasteiger partial charge < -0.3 is 9.94 Å². The highest BCUT2D eigenvalue weighted by Crippen LogP contribution is 2.19. The third-order valence-electron chi connectivity index (χ3n) is 3.10. The van der Waals surface area contributed by atoms with Crippen molar-refractivity contribution in [2.75, 3.05) is 0 Å². The molecule has 2 aromatic carbocycles. The highest BCUT2D eigenvalue weighted by molar-refractivity contribution is 6.12. The Bertz CT molecular complexity index is 749. The van der Waals surface area contributed by atoms with Gasteiger partial charge in [0.25, 0.3) is 0 Å². The molecule has 1 heterocycles. The monoisotopic (exact) mass is 296 g/mol. The van der Waals surface area contributed by atoms with Crippen LogP contribution in [-0.4, -0.2) is 17.1 Å². The highest BCUT2D eigenvalue weighted by Gasteiger charge is 2.23. The highest BCUT2D eigenvalue weighted by atomic mass is 16.8. The Labute approximate surface area is 126 Å². The second-order valence-electron chi connectivity index (χ2n) is 4.63. The molecule has 0 spiro atoms. The van der Waals surface area contributed by atoms with Crippen LogP contribution in [0.25, 0.3) is 6.08 Å². The average molecular weight is 296 g/mol. The summed E-state index contributed by atoms with van der Waals surface area (Å²) in [6, 6.07) is 15.3. The number of benzene rings is 2. The van der Waals surface area contributed by atoms with Gasteiger partial charge in [-0.05, 0) is 35.9 Å². The van der Waals surface area contributed by atoms with Crippen molar-refractivity contribution in [3.05, 3.63) is 76.6 Å². The molecule has 1 unspecified atom stereocenters. The minimum Gasteiger partial charge on any atom is -0.595 e. The molecule has 6 heteroatoms. The molecule has 110 valence electrons. The zero-order chi connectivity index (χ0) is 15.5. The van der Waals surface area contributed by atoms with Gasteiger partial charge in [0.15, 0.2) is 11.4 Å². The van der Waals surface area contributed by atoms with Crippen molar-refractivity contribution in [2.45, 2.75) is 0 Å². The van der Waals surface area contributed by atoms with Crippen molar-refractivity contribution in [2.24, 2.45) is 4.99 Å². The number of carbonyl (C=O) groups is 1. The third kappa shape index (κ3) is 2.94. The van der Waals surface area contributed by atoms with Gasteiger partial charge in [-0.3, -0.25) is 0 Å². The standard InChI is InChI=1S/C16H12N2O4/c19-16-14(10-11-6-8-13(9-7-11)18(20)21)17-15(22-16)12-4-2-1-3-5-12/h1-10,18,20H. The van der Waals surface area contributed by atoms with Crippen LogP contribution in [0.1, 0.15) is 11.1 Å². The number of cyclic esters (lactones) is 1. The van der Waals surface area contributed by atoms with Crippen LogP contribution in [-0.2, 0) is 9.53 Å². The summed E-state index contributed by atoms with van der Waals surface area (Å²) in [6.45, 7) is 0. The zero-order valence-electron chi connectivity index (χ0n) is 11.4. The lowest BCUT2D eigenvalue weighted by atomic mass is 10.2. The maximum Gasteiger partial charge on any atom is 0.363 e. The van der Waals surface area contributed by atoms with E-state index >= 15 is 0 Å². The summed E-state index contributed by atoms with van der Waals surface area (Å²) in [6.07, 6.45) is 1.56. The number of esters is 1. The molecule has 0 saturated carbocycles. The van der Waals surface area contributed by atoms with E-state index in [0.717, 1.165) is 5.56 Å². The fraction of sp³-hybridized carbons (Fsp3) is 0. The van der Waals surface area contributed by atoms with Crippen LogP contribution in [0, 0.1) is 5.21 Å². The van der Waals surface area contributed by atoms with Gasteiger partial charge in [-0.25, -0.2) is 15.0 Å². The van der Waals surface area contributed by atoms with Gasteiger partial charge in [0, 0.05) is 17.7 Å². The molecule has 0 saturated heterocycles. The number of aliphatic imine (C=N–C) groups is 1. The fourth-order valence-electron chi connectivity index (χ4n) is 1.99. The summed E-state index contributed by atoms with van der Waals surface area (Å²) in [5.74, 6) is -0.264. The summed E-state index contributed by atoms with van der Waals surface area (Å²) in [5.41, 5.74) is 1.77. The summed E-state index contributed by atoms with van der Waals surface area (Å²) in [5, 5.41) is 18.7. The van der Waals surface area contributed by atoms with Crippen molar-refractivity contribution >= 4 is 23.6 Å². The number of carbonyl (C=O) groups excluding carboxylic acids is 1. The molecule has 0 bridgehead atoms. The number of rotatable bonds is 3. The number of quaternary nitrogens is 1. The van der Waals surface area contributed by atoms with E-state index in [9.17, 15) is 10.0 Å². The van der Waals surface area contributed by atoms with Crippen LogP contribution in [0.2, 0.25) is 0 Å². The number of nitrogens with one attached hydrogen (secondary N) is 1. The molecule has 2 aromatic rings. The van der Waals surface area contributed by atoms with E-state index in [1.807, 2.05) is 18.2 Å². The maximum absolute atomic E-state index is 11.8. The van der Waals surface area contributed by atoms with E-state index < -0.39 is 11.2 Å². The Balaban J connectivity index is 1.87. The molecule has 2 N–H and O–H groups in total. The molecule has 0 fully saturated rings. The Morgan fingerprint density at radius 2 is 1.77 bits per heavy atom. The Hall–Kier alpha value is -2.80. The van der Waals surface area contributed by atoms with Crippen LogP contribution < -0.4 is 5.23 Å². The smallest absolute Gasteiger partial charge is 0.363 e. The first-order valence-corrected chi connectivity index (χ1v) is 6.55. The van der Waals surface area contributed by atoms with E-state index in [-0.39, 0.29) is 17.3 Å². The van der Waals surface area contributed by atoms with Gasteiger partial charge in [-0.15, -0.1) is 0 Å². The molecule has 1 aliphatic rings. The van der Waals surface area contributed by atoms with Crippen LogP contribution in [0.15, 0.2) is 65.3 Å². The lowest BCUT2D eigenvalue weighted by Crippen LogP contribution is -2.99. The van der Waals surface area contributed by atoms with Gasteiger partial charge in [0.05, 0.1) is 0 Å². The summed E-state index contributed by atoms with van der Waals surface area (Å²) >= 11 is 0. The second-order valence-corrected chi connectivity index (χ2v) is 4.63.